The summed E-state index contributed by atoms with van der Waals surface area (Å²) in [4.78, 5) is 12.5. The normalized spacial score (nSPS) is 17.7. The van der Waals surface area contributed by atoms with Crippen LogP contribution in [0, 0.1) is 9.49 Å². The summed E-state index contributed by atoms with van der Waals surface area (Å²) in [5, 5.41) is 0. The third-order valence-electron chi connectivity index (χ3n) is 3.79. The van der Waals surface area contributed by atoms with Gasteiger partial charge in [0.05, 0.1) is 12.0 Å². The summed E-state index contributed by atoms with van der Waals surface area (Å²) in [6, 6.07) is 8.32. The quantitative estimate of drug-likeness (QED) is 0.582. The molecule has 0 amide bonds. The van der Waals surface area contributed by atoms with Gasteiger partial charge in [0.2, 0.25) is 0 Å². The third-order valence-corrected chi connectivity index (χ3v) is 4.51. The Balaban J connectivity index is 2.22. The van der Waals surface area contributed by atoms with E-state index >= 15 is 0 Å². The van der Waals surface area contributed by atoms with E-state index in [1.165, 1.54) is 3.57 Å². The van der Waals surface area contributed by atoms with Gasteiger partial charge < -0.3 is 4.74 Å². The summed E-state index contributed by atoms with van der Waals surface area (Å²) in [6.45, 7) is 4.66. The molecule has 0 saturated heterocycles. The Morgan fingerprint density at radius 2 is 1.84 bits per heavy atom. The van der Waals surface area contributed by atoms with E-state index in [-0.39, 0.29) is 11.4 Å². The van der Waals surface area contributed by atoms with Crippen molar-refractivity contribution in [2.24, 2.45) is 5.92 Å². The lowest BCUT2D eigenvalue weighted by Crippen LogP contribution is -2.35. The highest BCUT2D eigenvalue weighted by Gasteiger charge is 2.44. The van der Waals surface area contributed by atoms with Gasteiger partial charge in [0.25, 0.3) is 0 Å². The Morgan fingerprint density at radius 1 is 1.26 bits per heavy atom. The maximum atomic E-state index is 12.5. The van der Waals surface area contributed by atoms with Gasteiger partial charge in [0.15, 0.2) is 0 Å². The largest absolute Gasteiger partial charge is 0.465 e. The van der Waals surface area contributed by atoms with Crippen molar-refractivity contribution in [3.05, 3.63) is 33.4 Å². The molecule has 0 atom stereocenters. The van der Waals surface area contributed by atoms with E-state index in [9.17, 15) is 4.79 Å². The van der Waals surface area contributed by atoms with Crippen molar-refractivity contribution in [2.45, 2.75) is 44.9 Å². The van der Waals surface area contributed by atoms with Gasteiger partial charge in [-0.3, -0.25) is 4.79 Å². The third kappa shape index (κ3) is 3.30. The molecule has 1 aromatic rings. The van der Waals surface area contributed by atoms with Crippen LogP contribution in [0.2, 0.25) is 0 Å². The fourth-order valence-electron chi connectivity index (χ4n) is 2.74. The smallest absolute Gasteiger partial charge is 0.316 e. The van der Waals surface area contributed by atoms with Gasteiger partial charge in [-0.05, 0) is 59.0 Å². The molecule has 2 nitrogen and oxygen atoms in total. The van der Waals surface area contributed by atoms with Crippen LogP contribution in [0.15, 0.2) is 24.3 Å². The van der Waals surface area contributed by atoms with Crippen molar-refractivity contribution in [3.8, 4) is 0 Å². The maximum absolute atomic E-state index is 12.5. The fraction of sp³-hybridized carbons (Fsp3) is 0.562. The number of hydrogen-bond donors (Lipinski definition) is 0. The number of halogens is 1. The summed E-state index contributed by atoms with van der Waals surface area (Å²) in [7, 11) is 0. The second kappa shape index (κ2) is 6.25. The minimum Gasteiger partial charge on any atom is -0.465 e. The van der Waals surface area contributed by atoms with Crippen LogP contribution >= 0.6 is 22.6 Å². The first-order chi connectivity index (χ1) is 9.04. The first kappa shape index (κ1) is 14.8. The number of carbonyl (C=O) groups excluding carboxylic acids is 1. The van der Waals surface area contributed by atoms with Crippen molar-refractivity contribution >= 4 is 28.6 Å². The van der Waals surface area contributed by atoms with E-state index < -0.39 is 0 Å². The summed E-state index contributed by atoms with van der Waals surface area (Å²) in [5.41, 5.74) is 0.735. The number of hydrogen-bond acceptors (Lipinski definition) is 2. The molecule has 1 aliphatic carbocycles. The molecule has 1 fully saturated rings. The molecule has 0 N–H and O–H groups in total. The van der Waals surface area contributed by atoms with Crippen LogP contribution in [0.5, 0.6) is 0 Å². The molecule has 1 saturated carbocycles. The monoisotopic (exact) mass is 372 g/mol. The lowest BCUT2D eigenvalue weighted by atomic mass is 9.79. The Hall–Kier alpha value is -0.580. The van der Waals surface area contributed by atoms with E-state index in [2.05, 4.69) is 60.7 Å². The van der Waals surface area contributed by atoms with E-state index in [0.717, 1.165) is 31.2 Å². The van der Waals surface area contributed by atoms with Gasteiger partial charge in [0, 0.05) is 3.57 Å². The summed E-state index contributed by atoms with van der Waals surface area (Å²) in [5.74, 6) is 0.360. The lowest BCUT2D eigenvalue weighted by molar-refractivity contribution is -0.151. The Kier molecular flexibility index (Phi) is 4.87. The first-order valence-electron chi connectivity index (χ1n) is 6.98. The van der Waals surface area contributed by atoms with Crippen LogP contribution in [-0.2, 0) is 14.9 Å². The highest BCUT2D eigenvalue weighted by molar-refractivity contribution is 14.1. The number of ether oxygens (including phenoxy) is 1. The highest BCUT2D eigenvalue weighted by Crippen LogP contribution is 2.42. The predicted molar refractivity (Wildman–Crippen MR) is 85.1 cm³/mol. The van der Waals surface area contributed by atoms with Crippen molar-refractivity contribution in [2.75, 3.05) is 6.61 Å². The van der Waals surface area contributed by atoms with Gasteiger partial charge >= 0.3 is 5.97 Å². The van der Waals surface area contributed by atoms with Crippen molar-refractivity contribution in [3.63, 3.8) is 0 Å². The standard InChI is InChI=1S/C16H21IO2/c1-12(2)11-19-15(18)16(9-3-4-10-16)13-5-7-14(17)8-6-13/h5-8,12H,3-4,9-11H2,1-2H3. The zero-order valence-corrected chi connectivity index (χ0v) is 13.8. The number of benzene rings is 1. The molecular weight excluding hydrogens is 351 g/mol. The second-order valence-electron chi connectivity index (χ2n) is 5.79. The molecule has 1 aromatic carbocycles. The Bertz CT molecular complexity index is 431. The first-order valence-corrected chi connectivity index (χ1v) is 8.06. The molecule has 0 radical (unpaired) electrons. The molecule has 0 unspecified atom stereocenters. The zero-order valence-electron chi connectivity index (χ0n) is 11.6. The van der Waals surface area contributed by atoms with Crippen molar-refractivity contribution in [1.82, 2.24) is 0 Å². The van der Waals surface area contributed by atoms with Gasteiger partial charge in [0.1, 0.15) is 0 Å². The molecule has 0 aromatic heterocycles. The minimum absolute atomic E-state index is 0.0279. The molecule has 19 heavy (non-hydrogen) atoms. The minimum atomic E-state index is -0.390. The van der Waals surface area contributed by atoms with Crippen LogP contribution in [0.1, 0.15) is 45.1 Å². The molecule has 0 aliphatic heterocycles. The van der Waals surface area contributed by atoms with E-state index in [4.69, 9.17) is 4.74 Å². The Morgan fingerprint density at radius 3 is 2.37 bits per heavy atom. The van der Waals surface area contributed by atoms with Crippen LogP contribution in [0.3, 0.4) is 0 Å². The topological polar surface area (TPSA) is 26.3 Å². The van der Waals surface area contributed by atoms with Crippen LogP contribution < -0.4 is 0 Å². The maximum Gasteiger partial charge on any atom is 0.316 e. The fourth-order valence-corrected chi connectivity index (χ4v) is 3.10. The van der Waals surface area contributed by atoms with Crippen LogP contribution in [0.4, 0.5) is 0 Å². The molecular formula is C16H21IO2. The summed E-state index contributed by atoms with van der Waals surface area (Å²) < 4.78 is 6.73. The van der Waals surface area contributed by atoms with Gasteiger partial charge in [-0.2, -0.15) is 0 Å². The van der Waals surface area contributed by atoms with Crippen molar-refractivity contribution < 1.29 is 9.53 Å². The highest BCUT2D eigenvalue weighted by atomic mass is 127. The molecule has 2 rings (SSSR count). The molecule has 104 valence electrons. The van der Waals surface area contributed by atoms with Gasteiger partial charge in [-0.15, -0.1) is 0 Å². The summed E-state index contributed by atoms with van der Waals surface area (Å²) >= 11 is 2.29. The van der Waals surface area contributed by atoms with E-state index in [0.29, 0.717) is 12.5 Å². The van der Waals surface area contributed by atoms with Crippen LogP contribution in [-0.4, -0.2) is 12.6 Å². The number of esters is 1. The molecule has 0 bridgehead atoms. The van der Waals surface area contributed by atoms with Crippen LogP contribution in [0.25, 0.3) is 0 Å². The average molecular weight is 372 g/mol. The lowest BCUT2D eigenvalue weighted by Gasteiger charge is -2.27. The average Bonchev–Trinajstić information content (AvgIpc) is 2.87. The Labute approximate surface area is 129 Å². The second-order valence-corrected chi connectivity index (χ2v) is 7.03. The predicted octanol–water partition coefficient (Wildman–Crippen LogP) is 4.30. The SMILES string of the molecule is CC(C)COC(=O)C1(c2ccc(I)cc2)CCCC1. The number of rotatable bonds is 4. The van der Waals surface area contributed by atoms with E-state index in [1.54, 1.807) is 0 Å². The molecule has 0 spiro atoms. The molecule has 1 aliphatic rings. The van der Waals surface area contributed by atoms with E-state index in [1.807, 2.05) is 0 Å². The van der Waals surface area contributed by atoms with Gasteiger partial charge in [-0.1, -0.05) is 38.8 Å². The molecule has 0 heterocycles. The zero-order chi connectivity index (χ0) is 13.9. The van der Waals surface area contributed by atoms with Crippen molar-refractivity contribution in [1.29, 1.82) is 0 Å². The summed E-state index contributed by atoms with van der Waals surface area (Å²) in [6.07, 6.45) is 4.07. The van der Waals surface area contributed by atoms with Gasteiger partial charge in [-0.25, -0.2) is 0 Å². The number of carbonyl (C=O) groups is 1. The molecule has 3 heteroatoms.